The van der Waals surface area contributed by atoms with E-state index in [2.05, 4.69) is 85.5 Å². The van der Waals surface area contributed by atoms with Gasteiger partial charge in [0.1, 0.15) is 0 Å². The molecule has 0 amide bonds. The number of nitrogens with one attached hydrogen (secondary N) is 1. The summed E-state index contributed by atoms with van der Waals surface area (Å²) in [5.41, 5.74) is 3.96. The van der Waals surface area contributed by atoms with Gasteiger partial charge in [-0.05, 0) is 46.9 Å². The van der Waals surface area contributed by atoms with Crippen molar-refractivity contribution in [2.24, 2.45) is 0 Å². The zero-order valence-electron chi connectivity index (χ0n) is 13.6. The van der Waals surface area contributed by atoms with Crippen LogP contribution in [-0.2, 0) is 6.54 Å². The number of hydrogen-bond acceptors (Lipinski definition) is 1. The summed E-state index contributed by atoms with van der Waals surface area (Å²) in [7, 11) is 0. The molecule has 1 heteroatoms. The van der Waals surface area contributed by atoms with Crippen molar-refractivity contribution in [1.82, 2.24) is 5.32 Å². The fraction of sp³-hybridized carbons (Fsp3) is 0.182. The van der Waals surface area contributed by atoms with Gasteiger partial charge in [-0.25, -0.2) is 0 Å². The Bertz CT molecular complexity index is 789. The molecule has 0 saturated carbocycles. The topological polar surface area (TPSA) is 12.0 Å². The Morgan fingerprint density at radius 2 is 1.74 bits per heavy atom. The monoisotopic (exact) mass is 301 g/mol. The largest absolute Gasteiger partial charge is 0.306 e. The third-order valence-corrected chi connectivity index (χ3v) is 4.29. The van der Waals surface area contributed by atoms with Gasteiger partial charge >= 0.3 is 0 Å². The predicted octanol–water partition coefficient (Wildman–Crippen LogP) is 5.56. The first-order valence-electron chi connectivity index (χ1n) is 8.15. The minimum atomic E-state index is 0.288. The van der Waals surface area contributed by atoms with Gasteiger partial charge in [0.25, 0.3) is 0 Å². The predicted molar refractivity (Wildman–Crippen MR) is 99.5 cm³/mol. The average molecular weight is 301 g/mol. The Balaban J connectivity index is 1.87. The second-order valence-corrected chi connectivity index (χ2v) is 6.00. The number of hydrogen-bond donors (Lipinski definition) is 1. The van der Waals surface area contributed by atoms with Crippen LogP contribution < -0.4 is 5.32 Å². The van der Waals surface area contributed by atoms with Gasteiger partial charge in [0.05, 0.1) is 0 Å². The van der Waals surface area contributed by atoms with Crippen molar-refractivity contribution >= 4 is 10.8 Å². The maximum atomic E-state index is 3.93. The van der Waals surface area contributed by atoms with Crippen LogP contribution in [0.5, 0.6) is 0 Å². The highest BCUT2D eigenvalue weighted by Crippen LogP contribution is 2.26. The molecular formula is C22H23N. The summed E-state index contributed by atoms with van der Waals surface area (Å²) in [5, 5.41) is 6.31. The molecule has 0 aromatic heterocycles. The second kappa shape index (κ2) is 7.26. The fourth-order valence-corrected chi connectivity index (χ4v) is 3.07. The van der Waals surface area contributed by atoms with Crippen LogP contribution in [0.4, 0.5) is 0 Å². The van der Waals surface area contributed by atoms with Crippen molar-refractivity contribution in [3.05, 3.63) is 96.1 Å². The maximum Gasteiger partial charge on any atom is 0.0358 e. The molecule has 3 rings (SSSR count). The van der Waals surface area contributed by atoms with Crippen LogP contribution in [0.3, 0.4) is 0 Å². The number of benzene rings is 3. The molecule has 1 atom stereocenters. The molecule has 0 heterocycles. The lowest BCUT2D eigenvalue weighted by Crippen LogP contribution is -2.20. The smallest absolute Gasteiger partial charge is 0.0358 e. The van der Waals surface area contributed by atoms with E-state index in [1.165, 1.54) is 27.5 Å². The van der Waals surface area contributed by atoms with Crippen LogP contribution in [0.15, 0.2) is 79.4 Å². The van der Waals surface area contributed by atoms with Gasteiger partial charge < -0.3 is 5.32 Å². The van der Waals surface area contributed by atoms with Crippen molar-refractivity contribution in [2.75, 3.05) is 0 Å². The molecule has 0 fully saturated rings. The van der Waals surface area contributed by atoms with Gasteiger partial charge in [0.15, 0.2) is 0 Å². The maximum absolute atomic E-state index is 3.93. The summed E-state index contributed by atoms with van der Waals surface area (Å²) in [4.78, 5) is 0. The highest BCUT2D eigenvalue weighted by Gasteiger charge is 2.11. The van der Waals surface area contributed by atoms with Crippen LogP contribution in [0, 0.1) is 6.92 Å². The van der Waals surface area contributed by atoms with Crippen molar-refractivity contribution in [1.29, 1.82) is 0 Å². The molecule has 0 bridgehead atoms. The molecule has 0 spiro atoms. The van der Waals surface area contributed by atoms with E-state index in [4.69, 9.17) is 0 Å². The first kappa shape index (κ1) is 15.5. The number of rotatable bonds is 6. The van der Waals surface area contributed by atoms with E-state index < -0.39 is 0 Å². The zero-order chi connectivity index (χ0) is 16.1. The van der Waals surface area contributed by atoms with Crippen molar-refractivity contribution in [2.45, 2.75) is 25.9 Å². The molecule has 23 heavy (non-hydrogen) atoms. The van der Waals surface area contributed by atoms with E-state index in [0.29, 0.717) is 0 Å². The van der Waals surface area contributed by atoms with Crippen LogP contribution in [0.1, 0.15) is 29.2 Å². The summed E-state index contributed by atoms with van der Waals surface area (Å²) in [6, 6.07) is 24.0. The van der Waals surface area contributed by atoms with Gasteiger partial charge in [0, 0.05) is 12.6 Å². The summed E-state index contributed by atoms with van der Waals surface area (Å²) < 4.78 is 0. The fourth-order valence-electron chi connectivity index (χ4n) is 3.07. The first-order chi connectivity index (χ1) is 11.3. The van der Waals surface area contributed by atoms with E-state index in [0.717, 1.165) is 13.0 Å². The zero-order valence-corrected chi connectivity index (χ0v) is 13.6. The van der Waals surface area contributed by atoms with Crippen LogP contribution in [0.25, 0.3) is 10.8 Å². The third kappa shape index (κ3) is 3.69. The molecule has 1 nitrogen and oxygen atoms in total. The van der Waals surface area contributed by atoms with Gasteiger partial charge in [-0.15, -0.1) is 6.58 Å². The molecule has 0 radical (unpaired) electrons. The number of fused-ring (bicyclic) bond motifs is 1. The van der Waals surface area contributed by atoms with E-state index in [9.17, 15) is 0 Å². The van der Waals surface area contributed by atoms with Gasteiger partial charge in [0.2, 0.25) is 0 Å². The molecule has 0 aliphatic carbocycles. The lowest BCUT2D eigenvalue weighted by atomic mass is 9.96. The minimum Gasteiger partial charge on any atom is -0.306 e. The quantitative estimate of drug-likeness (QED) is 0.588. The van der Waals surface area contributed by atoms with Gasteiger partial charge in [-0.3, -0.25) is 0 Å². The van der Waals surface area contributed by atoms with Crippen molar-refractivity contribution in [3.63, 3.8) is 0 Å². The highest BCUT2D eigenvalue weighted by atomic mass is 14.9. The SMILES string of the molecule is C=CC[C@@H](NCc1ccccc1)c1cc(C)c2ccccc2c1. The highest BCUT2D eigenvalue weighted by molar-refractivity contribution is 5.86. The molecule has 1 N–H and O–H groups in total. The molecule has 0 saturated heterocycles. The summed E-state index contributed by atoms with van der Waals surface area (Å²) in [6.07, 6.45) is 2.91. The third-order valence-electron chi connectivity index (χ3n) is 4.29. The van der Waals surface area contributed by atoms with E-state index in [1.807, 2.05) is 6.08 Å². The normalized spacial score (nSPS) is 12.2. The van der Waals surface area contributed by atoms with E-state index in [-0.39, 0.29) is 6.04 Å². The van der Waals surface area contributed by atoms with E-state index >= 15 is 0 Å². The molecule has 3 aromatic carbocycles. The molecule has 3 aromatic rings. The van der Waals surface area contributed by atoms with Gasteiger partial charge in [-0.1, -0.05) is 66.7 Å². The van der Waals surface area contributed by atoms with E-state index in [1.54, 1.807) is 0 Å². The van der Waals surface area contributed by atoms with Gasteiger partial charge in [-0.2, -0.15) is 0 Å². The first-order valence-corrected chi connectivity index (χ1v) is 8.15. The Morgan fingerprint density at radius 3 is 2.52 bits per heavy atom. The Labute approximate surface area is 138 Å². The van der Waals surface area contributed by atoms with Crippen molar-refractivity contribution in [3.8, 4) is 0 Å². The summed E-state index contributed by atoms with van der Waals surface area (Å²) >= 11 is 0. The van der Waals surface area contributed by atoms with Crippen LogP contribution in [0.2, 0.25) is 0 Å². The number of aryl methyl sites for hydroxylation is 1. The molecule has 0 aliphatic heterocycles. The Morgan fingerprint density at radius 1 is 1.00 bits per heavy atom. The summed E-state index contributed by atoms with van der Waals surface area (Å²) in [6.45, 7) is 6.98. The lowest BCUT2D eigenvalue weighted by Gasteiger charge is -2.19. The summed E-state index contributed by atoms with van der Waals surface area (Å²) in [5.74, 6) is 0. The molecular weight excluding hydrogens is 278 g/mol. The average Bonchev–Trinajstić information content (AvgIpc) is 2.59. The lowest BCUT2D eigenvalue weighted by molar-refractivity contribution is 0.539. The molecule has 116 valence electrons. The van der Waals surface area contributed by atoms with Crippen LogP contribution >= 0.6 is 0 Å². The second-order valence-electron chi connectivity index (χ2n) is 6.00. The van der Waals surface area contributed by atoms with Crippen molar-refractivity contribution < 1.29 is 0 Å². The molecule has 0 aliphatic rings. The Hall–Kier alpha value is -2.38. The standard InChI is InChI=1S/C22H23N/c1-3-9-22(23-16-18-10-5-4-6-11-18)20-14-17(2)21-13-8-7-12-19(21)15-20/h3-8,10-15,22-23H,1,9,16H2,2H3/t22-/m1/s1. The minimum absolute atomic E-state index is 0.288. The van der Waals surface area contributed by atoms with Crippen LogP contribution in [-0.4, -0.2) is 0 Å². The Kier molecular flexibility index (Phi) is 4.89. The molecule has 0 unspecified atom stereocenters.